The van der Waals surface area contributed by atoms with Crippen LogP contribution in [-0.4, -0.2) is 67.3 Å². The van der Waals surface area contributed by atoms with Crippen molar-refractivity contribution in [2.45, 2.75) is 67.3 Å². The standard InChI is InChI=1S/C6H12O2.2C4H10N2.C4H11N.CO2/c1-6(2,3)4-5(7)8;2*1-4(5)6(2)3;1-4(2,3)5;2-1-3/h4H2,1-3H3,(H,7,8);2*5H,1-3H3;5H2,1-3H3;/p-1. The van der Waals surface area contributed by atoms with Gasteiger partial charge in [-0.25, -0.2) is 0 Å². The lowest BCUT2D eigenvalue weighted by atomic mass is 9.93. The van der Waals surface area contributed by atoms with E-state index < -0.39 is 5.97 Å². The van der Waals surface area contributed by atoms with E-state index >= 15 is 0 Å². The highest BCUT2D eigenvalue weighted by Gasteiger charge is 2.08. The average molecular weight is 405 g/mol. The molecule has 4 N–H and O–H groups in total. The summed E-state index contributed by atoms with van der Waals surface area (Å²) in [6, 6.07) is 0. The molecule has 0 aromatic carbocycles. The van der Waals surface area contributed by atoms with Gasteiger partial charge in [0.15, 0.2) is 0 Å². The predicted octanol–water partition coefficient (Wildman–Crippen LogP) is 1.42. The summed E-state index contributed by atoms with van der Waals surface area (Å²) >= 11 is 0. The van der Waals surface area contributed by atoms with Crippen LogP contribution < -0.4 is 10.8 Å². The molecule has 0 aliphatic rings. The summed E-state index contributed by atoms with van der Waals surface area (Å²) in [6.07, 6.45) is 0.382. The van der Waals surface area contributed by atoms with E-state index in [1.807, 2.05) is 69.7 Å². The Bertz CT molecular complexity index is 432. The SMILES string of the molecule is CC(=N)N(C)C.CC(=N)N(C)C.CC(C)(C)CC(=O)[O-].CC(C)(C)N.O=C=O. The Labute approximate surface area is 171 Å². The third-order valence-corrected chi connectivity index (χ3v) is 2.02. The molecule has 0 heterocycles. The maximum atomic E-state index is 9.90. The average Bonchev–Trinajstić information content (AvgIpc) is 2.35. The van der Waals surface area contributed by atoms with Gasteiger partial charge in [-0.15, -0.1) is 0 Å². The molecule has 168 valence electrons. The largest absolute Gasteiger partial charge is 0.550 e. The van der Waals surface area contributed by atoms with Crippen LogP contribution in [-0.2, 0) is 14.4 Å². The van der Waals surface area contributed by atoms with Crippen LogP contribution >= 0.6 is 0 Å². The minimum atomic E-state index is -0.975. The molecule has 0 aromatic rings. The van der Waals surface area contributed by atoms with Crippen LogP contribution in [0.5, 0.6) is 0 Å². The van der Waals surface area contributed by atoms with Crippen molar-refractivity contribution in [3.05, 3.63) is 0 Å². The van der Waals surface area contributed by atoms with Crippen molar-refractivity contribution in [2.75, 3.05) is 28.2 Å². The molecule has 0 spiro atoms. The molecule has 9 heteroatoms. The van der Waals surface area contributed by atoms with E-state index in [9.17, 15) is 9.90 Å². The van der Waals surface area contributed by atoms with E-state index in [4.69, 9.17) is 26.1 Å². The molecule has 0 aliphatic heterocycles. The number of hydrogen-bond acceptors (Lipinski definition) is 7. The van der Waals surface area contributed by atoms with E-state index in [2.05, 4.69) is 0 Å². The molecule has 0 rings (SSSR count). The second kappa shape index (κ2) is 19.5. The van der Waals surface area contributed by atoms with Crippen molar-refractivity contribution in [3.63, 3.8) is 0 Å². The predicted molar refractivity (Wildman–Crippen MR) is 112 cm³/mol. The monoisotopic (exact) mass is 404 g/mol. The second-order valence-electron chi connectivity index (χ2n) is 8.52. The maximum absolute atomic E-state index is 9.90. The van der Waals surface area contributed by atoms with Crippen molar-refractivity contribution < 1.29 is 19.5 Å². The maximum Gasteiger partial charge on any atom is 0.373 e. The van der Waals surface area contributed by atoms with Crippen molar-refractivity contribution in [2.24, 2.45) is 11.1 Å². The number of aliphatic carboxylic acids is 1. The number of hydrogen-bond donors (Lipinski definition) is 3. The second-order valence-corrected chi connectivity index (χ2v) is 8.52. The first-order valence-corrected chi connectivity index (χ1v) is 8.55. The Morgan fingerprint density at radius 1 is 0.893 bits per heavy atom. The first kappa shape index (κ1) is 36.6. The third kappa shape index (κ3) is 106. The fraction of sp³-hybridized carbons (Fsp3) is 0.789. The van der Waals surface area contributed by atoms with E-state index in [1.165, 1.54) is 0 Å². The van der Waals surface area contributed by atoms with Crippen LogP contribution in [0.25, 0.3) is 0 Å². The van der Waals surface area contributed by atoms with Crippen molar-refractivity contribution >= 4 is 23.8 Å². The van der Waals surface area contributed by atoms with Gasteiger partial charge in [-0.2, -0.15) is 9.59 Å². The van der Waals surface area contributed by atoms with Gasteiger partial charge in [-0.3, -0.25) is 10.8 Å². The zero-order chi connectivity index (χ0) is 24.3. The topological polar surface area (TPSA) is 154 Å². The fourth-order valence-corrected chi connectivity index (χ4v) is 0.433. The summed E-state index contributed by atoms with van der Waals surface area (Å²) < 4.78 is 0. The quantitative estimate of drug-likeness (QED) is 0.441. The lowest BCUT2D eigenvalue weighted by Gasteiger charge is -2.17. The number of nitrogens with zero attached hydrogens (tertiary/aromatic N) is 2. The lowest BCUT2D eigenvalue weighted by molar-refractivity contribution is -0.307. The molecule has 0 fully saturated rings. The number of carboxylic acids is 1. The zero-order valence-electron chi connectivity index (χ0n) is 19.8. The molecular formula is C19H42N5O4-. The Kier molecular flexibility index (Phi) is 25.5. The highest BCUT2D eigenvalue weighted by molar-refractivity contribution is 5.75. The molecule has 0 unspecified atom stereocenters. The Balaban J connectivity index is -0.0000000811. The van der Waals surface area contributed by atoms with E-state index in [-0.39, 0.29) is 23.5 Å². The molecule has 0 atom stereocenters. The van der Waals surface area contributed by atoms with Crippen molar-refractivity contribution in [1.29, 1.82) is 10.8 Å². The molecule has 0 saturated heterocycles. The normalized spacial score (nSPS) is 9.04. The van der Waals surface area contributed by atoms with E-state index in [1.54, 1.807) is 23.6 Å². The van der Waals surface area contributed by atoms with Crippen LogP contribution in [0.3, 0.4) is 0 Å². The molecule has 0 radical (unpaired) electrons. The summed E-state index contributed by atoms with van der Waals surface area (Å²) in [4.78, 5) is 29.7. The van der Waals surface area contributed by atoms with E-state index in [0.29, 0.717) is 11.7 Å². The lowest BCUT2D eigenvalue weighted by Crippen LogP contribution is -2.27. The number of nitrogens with one attached hydrogen (secondary N) is 2. The van der Waals surface area contributed by atoms with Gasteiger partial charge in [0.2, 0.25) is 0 Å². The smallest absolute Gasteiger partial charge is 0.373 e. The molecule has 0 amide bonds. The van der Waals surface area contributed by atoms with Crippen LogP contribution in [0, 0.1) is 16.2 Å². The molecule has 0 aliphatic carbocycles. The van der Waals surface area contributed by atoms with Crippen LogP contribution in [0.4, 0.5) is 0 Å². The van der Waals surface area contributed by atoms with Crippen molar-refractivity contribution in [3.8, 4) is 0 Å². The number of nitrogens with two attached hydrogens (primary N) is 1. The molecule has 0 saturated carbocycles. The Morgan fingerprint density at radius 3 is 1.04 bits per heavy atom. The Morgan fingerprint density at radius 2 is 1.04 bits per heavy atom. The Hall–Kier alpha value is -2.25. The zero-order valence-corrected chi connectivity index (χ0v) is 19.8. The van der Waals surface area contributed by atoms with Gasteiger partial charge >= 0.3 is 6.15 Å². The van der Waals surface area contributed by atoms with Gasteiger partial charge in [0.05, 0.1) is 11.7 Å². The summed E-state index contributed by atoms with van der Waals surface area (Å²) in [6.45, 7) is 15.0. The van der Waals surface area contributed by atoms with Gasteiger partial charge in [-0.1, -0.05) is 20.8 Å². The summed E-state index contributed by atoms with van der Waals surface area (Å²) in [5.74, 6) is 0.211. The first-order valence-electron chi connectivity index (χ1n) is 8.55. The number of amidine groups is 2. The molecule has 0 bridgehead atoms. The minimum absolute atomic E-state index is 0. The number of rotatable bonds is 1. The van der Waals surface area contributed by atoms with Crippen LogP contribution in [0.15, 0.2) is 0 Å². The molecule has 28 heavy (non-hydrogen) atoms. The molecular weight excluding hydrogens is 362 g/mol. The molecule has 0 aromatic heterocycles. The van der Waals surface area contributed by atoms with Gasteiger partial charge in [0, 0.05) is 39.7 Å². The molecule has 9 nitrogen and oxygen atoms in total. The fourth-order valence-electron chi connectivity index (χ4n) is 0.433. The van der Waals surface area contributed by atoms with Crippen molar-refractivity contribution in [1.82, 2.24) is 9.80 Å². The van der Waals surface area contributed by atoms with Gasteiger partial charge in [0.25, 0.3) is 0 Å². The summed E-state index contributed by atoms with van der Waals surface area (Å²) in [5.41, 5.74) is 5.21. The van der Waals surface area contributed by atoms with Gasteiger partial charge in [0.1, 0.15) is 0 Å². The number of carbonyl (C=O) groups is 1. The number of carbonyl (C=O) groups excluding carboxylic acids is 3. The summed E-state index contributed by atoms with van der Waals surface area (Å²) in [7, 11) is 7.40. The van der Waals surface area contributed by atoms with Gasteiger partial charge in [-0.05, 0) is 46.5 Å². The van der Waals surface area contributed by atoms with Crippen LogP contribution in [0.2, 0.25) is 0 Å². The highest BCUT2D eigenvalue weighted by atomic mass is 16.4. The minimum Gasteiger partial charge on any atom is -0.550 e. The highest BCUT2D eigenvalue weighted by Crippen LogP contribution is 2.16. The first-order chi connectivity index (χ1) is 12.1. The summed E-state index contributed by atoms with van der Waals surface area (Å²) in [5, 5.41) is 23.7. The van der Waals surface area contributed by atoms with Crippen LogP contribution in [0.1, 0.15) is 61.8 Å². The van der Waals surface area contributed by atoms with E-state index in [0.717, 1.165) is 0 Å². The third-order valence-electron chi connectivity index (χ3n) is 2.02. The number of carboxylic acid groups (broad SMARTS) is 1. The van der Waals surface area contributed by atoms with Gasteiger partial charge < -0.3 is 25.4 Å².